The smallest absolute Gasteiger partial charge is 0.136 e. The number of rotatable bonds is 5. The number of nitrogens with two attached hydrogens (primary N) is 1. The second-order valence-corrected chi connectivity index (χ2v) is 6.02. The summed E-state index contributed by atoms with van der Waals surface area (Å²) < 4.78 is 2.04. The van der Waals surface area contributed by atoms with Crippen LogP contribution in [0.2, 0.25) is 0 Å². The predicted molar refractivity (Wildman–Crippen MR) is 86.8 cm³/mol. The van der Waals surface area contributed by atoms with E-state index in [4.69, 9.17) is 10.8 Å². The third-order valence-electron chi connectivity index (χ3n) is 4.48. The molecule has 4 nitrogen and oxygen atoms in total. The third-order valence-corrected chi connectivity index (χ3v) is 4.48. The zero-order valence-electron chi connectivity index (χ0n) is 12.9. The summed E-state index contributed by atoms with van der Waals surface area (Å²) in [4.78, 5) is 2.33. The maximum Gasteiger partial charge on any atom is 0.136 e. The Bertz CT molecular complexity index is 599. The van der Waals surface area contributed by atoms with Crippen LogP contribution in [0.5, 0.6) is 0 Å². The van der Waals surface area contributed by atoms with Crippen LogP contribution in [0, 0.1) is 12.8 Å². The number of benzene rings is 1. The first-order valence-electron chi connectivity index (χ1n) is 7.76. The van der Waals surface area contributed by atoms with Crippen molar-refractivity contribution in [2.45, 2.75) is 32.7 Å². The quantitative estimate of drug-likeness (QED) is 0.918. The first kappa shape index (κ1) is 14.1. The lowest BCUT2D eigenvalue weighted by atomic mass is 9.85. The molecule has 0 aliphatic heterocycles. The molecule has 1 aliphatic rings. The Hall–Kier alpha value is -1.81. The Morgan fingerprint density at radius 3 is 2.57 bits per heavy atom. The van der Waals surface area contributed by atoms with Gasteiger partial charge in [0, 0.05) is 25.7 Å². The molecule has 1 fully saturated rings. The Morgan fingerprint density at radius 2 is 2.00 bits per heavy atom. The Kier molecular flexibility index (Phi) is 3.97. The minimum atomic E-state index is 0.531. The topological polar surface area (TPSA) is 47.1 Å². The Labute approximate surface area is 126 Å². The van der Waals surface area contributed by atoms with Gasteiger partial charge in [0.05, 0.1) is 11.4 Å². The maximum atomic E-state index is 5.98. The van der Waals surface area contributed by atoms with Crippen LogP contribution in [-0.2, 0) is 6.54 Å². The molecule has 1 aliphatic carbocycles. The molecule has 21 heavy (non-hydrogen) atoms. The van der Waals surface area contributed by atoms with E-state index in [9.17, 15) is 0 Å². The molecule has 0 unspecified atom stereocenters. The number of hydrogen-bond donors (Lipinski definition) is 1. The van der Waals surface area contributed by atoms with Crippen molar-refractivity contribution in [3.05, 3.63) is 41.6 Å². The van der Waals surface area contributed by atoms with Crippen molar-refractivity contribution < 1.29 is 0 Å². The largest absolute Gasteiger partial charge is 0.359 e. The summed E-state index contributed by atoms with van der Waals surface area (Å²) in [6.07, 6.45) is 4.07. The van der Waals surface area contributed by atoms with Gasteiger partial charge in [-0.25, -0.2) is 4.68 Å². The molecule has 0 atom stereocenters. The van der Waals surface area contributed by atoms with Gasteiger partial charge < -0.3 is 10.6 Å². The molecule has 0 spiro atoms. The SMILES string of the molecule is Cc1nn(-c2ccccc2)c(N(C)CC2CCC2)c1CN. The standard InChI is InChI=1S/C17H24N4/c1-13-16(11-18)17(20(2)12-14-7-6-8-14)21(19-13)15-9-4-3-5-10-15/h3-5,9-10,14H,6-8,11-12,18H2,1-2H3. The van der Waals surface area contributed by atoms with Gasteiger partial charge in [-0.3, -0.25) is 0 Å². The lowest BCUT2D eigenvalue weighted by molar-refractivity contribution is 0.320. The first-order chi connectivity index (χ1) is 10.2. The van der Waals surface area contributed by atoms with Crippen LogP contribution in [-0.4, -0.2) is 23.4 Å². The Balaban J connectivity index is 1.99. The molecule has 0 amide bonds. The van der Waals surface area contributed by atoms with Gasteiger partial charge >= 0.3 is 0 Å². The highest BCUT2D eigenvalue weighted by Gasteiger charge is 2.24. The molecule has 2 aromatic rings. The molecular weight excluding hydrogens is 260 g/mol. The molecular formula is C17H24N4. The zero-order chi connectivity index (χ0) is 14.8. The van der Waals surface area contributed by atoms with Gasteiger partial charge in [0.25, 0.3) is 0 Å². The lowest BCUT2D eigenvalue weighted by Gasteiger charge is -2.32. The van der Waals surface area contributed by atoms with E-state index in [1.807, 2.05) is 29.8 Å². The van der Waals surface area contributed by atoms with Crippen LogP contribution in [0.1, 0.15) is 30.5 Å². The highest BCUT2D eigenvalue weighted by Crippen LogP contribution is 2.31. The van der Waals surface area contributed by atoms with Gasteiger partial charge in [0.1, 0.15) is 5.82 Å². The number of aromatic nitrogens is 2. The molecule has 0 bridgehead atoms. The molecule has 0 radical (unpaired) electrons. The van der Waals surface area contributed by atoms with Crippen molar-refractivity contribution in [3.63, 3.8) is 0 Å². The van der Waals surface area contributed by atoms with Crippen molar-refractivity contribution >= 4 is 5.82 Å². The monoisotopic (exact) mass is 284 g/mol. The van der Waals surface area contributed by atoms with E-state index in [1.165, 1.54) is 19.3 Å². The van der Waals surface area contributed by atoms with E-state index in [2.05, 4.69) is 24.1 Å². The number of nitrogens with zero attached hydrogens (tertiary/aromatic N) is 3. The molecule has 1 heterocycles. The molecule has 3 rings (SSSR count). The normalized spacial score (nSPS) is 15.0. The fraction of sp³-hybridized carbons (Fsp3) is 0.471. The molecule has 112 valence electrons. The summed E-state index contributed by atoms with van der Waals surface area (Å²) in [7, 11) is 2.16. The van der Waals surface area contributed by atoms with E-state index < -0.39 is 0 Å². The fourth-order valence-corrected chi connectivity index (χ4v) is 3.08. The minimum Gasteiger partial charge on any atom is -0.359 e. The van der Waals surface area contributed by atoms with Crippen molar-refractivity contribution in [2.75, 3.05) is 18.5 Å². The highest BCUT2D eigenvalue weighted by molar-refractivity contribution is 5.54. The zero-order valence-corrected chi connectivity index (χ0v) is 12.9. The second kappa shape index (κ2) is 5.90. The number of hydrogen-bond acceptors (Lipinski definition) is 3. The number of aryl methyl sites for hydroxylation is 1. The van der Waals surface area contributed by atoms with Crippen LogP contribution >= 0.6 is 0 Å². The summed E-state index contributed by atoms with van der Waals surface area (Å²) in [5, 5.41) is 4.72. The van der Waals surface area contributed by atoms with Crippen molar-refractivity contribution in [3.8, 4) is 5.69 Å². The lowest BCUT2D eigenvalue weighted by Crippen LogP contribution is -2.31. The molecule has 1 saturated carbocycles. The van der Waals surface area contributed by atoms with Crippen LogP contribution in [0.15, 0.2) is 30.3 Å². The van der Waals surface area contributed by atoms with E-state index in [0.29, 0.717) is 6.54 Å². The first-order valence-corrected chi connectivity index (χ1v) is 7.76. The van der Waals surface area contributed by atoms with Gasteiger partial charge in [-0.05, 0) is 37.8 Å². The van der Waals surface area contributed by atoms with E-state index in [1.54, 1.807) is 0 Å². The second-order valence-electron chi connectivity index (χ2n) is 6.02. The Morgan fingerprint density at radius 1 is 1.29 bits per heavy atom. The van der Waals surface area contributed by atoms with Crippen LogP contribution in [0.25, 0.3) is 5.69 Å². The average Bonchev–Trinajstić information content (AvgIpc) is 2.80. The average molecular weight is 284 g/mol. The van der Waals surface area contributed by atoms with Crippen molar-refractivity contribution in [2.24, 2.45) is 11.7 Å². The maximum absolute atomic E-state index is 5.98. The summed E-state index contributed by atoms with van der Waals surface area (Å²) in [6, 6.07) is 10.3. The molecule has 0 saturated heterocycles. The van der Waals surface area contributed by atoms with E-state index in [0.717, 1.165) is 35.2 Å². The van der Waals surface area contributed by atoms with Crippen LogP contribution in [0.3, 0.4) is 0 Å². The summed E-state index contributed by atoms with van der Waals surface area (Å²) in [5.41, 5.74) is 9.25. The molecule has 1 aromatic carbocycles. The van der Waals surface area contributed by atoms with Gasteiger partial charge in [0.15, 0.2) is 0 Å². The molecule has 1 aromatic heterocycles. The van der Waals surface area contributed by atoms with Gasteiger partial charge in [-0.2, -0.15) is 5.10 Å². The van der Waals surface area contributed by atoms with E-state index >= 15 is 0 Å². The molecule has 4 heteroatoms. The van der Waals surface area contributed by atoms with Gasteiger partial charge in [-0.15, -0.1) is 0 Å². The van der Waals surface area contributed by atoms with Gasteiger partial charge in [0.2, 0.25) is 0 Å². The summed E-state index contributed by atoms with van der Waals surface area (Å²) in [5.74, 6) is 1.97. The summed E-state index contributed by atoms with van der Waals surface area (Å²) in [6.45, 7) is 3.66. The predicted octanol–water partition coefficient (Wildman–Crippen LogP) is 2.88. The van der Waals surface area contributed by atoms with Gasteiger partial charge in [-0.1, -0.05) is 24.6 Å². The summed E-state index contributed by atoms with van der Waals surface area (Å²) >= 11 is 0. The minimum absolute atomic E-state index is 0.531. The van der Waals surface area contributed by atoms with Crippen LogP contribution < -0.4 is 10.6 Å². The third kappa shape index (κ3) is 2.68. The highest BCUT2D eigenvalue weighted by atomic mass is 15.4. The number of anilines is 1. The van der Waals surface area contributed by atoms with Crippen LogP contribution in [0.4, 0.5) is 5.82 Å². The molecule has 2 N–H and O–H groups in total. The number of para-hydroxylation sites is 1. The fourth-order valence-electron chi connectivity index (χ4n) is 3.08. The van der Waals surface area contributed by atoms with E-state index in [-0.39, 0.29) is 0 Å². The van der Waals surface area contributed by atoms with Crippen molar-refractivity contribution in [1.29, 1.82) is 0 Å². The van der Waals surface area contributed by atoms with Crippen molar-refractivity contribution in [1.82, 2.24) is 9.78 Å².